The van der Waals surface area contributed by atoms with E-state index < -0.39 is 11.6 Å². The van der Waals surface area contributed by atoms with Crippen molar-refractivity contribution in [3.63, 3.8) is 0 Å². The average Bonchev–Trinajstić information content (AvgIpc) is 2.62. The number of nitrogens with two attached hydrogens (primary N) is 1. The van der Waals surface area contributed by atoms with Crippen LogP contribution in [0.4, 0.5) is 0 Å². The summed E-state index contributed by atoms with van der Waals surface area (Å²) in [4.78, 5) is 13.5. The highest BCUT2D eigenvalue weighted by Gasteiger charge is 2.34. The third-order valence-corrected chi connectivity index (χ3v) is 3.45. The van der Waals surface area contributed by atoms with E-state index >= 15 is 0 Å². The van der Waals surface area contributed by atoms with Gasteiger partial charge in [0.05, 0.1) is 11.6 Å². The first-order valence-corrected chi connectivity index (χ1v) is 6.09. The minimum atomic E-state index is -0.679. The molecule has 4 heteroatoms. The summed E-state index contributed by atoms with van der Waals surface area (Å²) in [5.74, 6) is 0.0588. The molecule has 1 amide bonds. The molecule has 3 N–H and O–H groups in total. The molecule has 1 aliphatic rings. The van der Waals surface area contributed by atoms with Crippen molar-refractivity contribution >= 4 is 5.91 Å². The first kappa shape index (κ1) is 13.5. The van der Waals surface area contributed by atoms with Gasteiger partial charge < -0.3 is 15.7 Å². The van der Waals surface area contributed by atoms with Crippen LogP contribution < -0.4 is 5.73 Å². The summed E-state index contributed by atoms with van der Waals surface area (Å²) in [7, 11) is 1.72. The summed E-state index contributed by atoms with van der Waals surface area (Å²) in [5, 5.41) is 10.2. The van der Waals surface area contributed by atoms with Gasteiger partial charge in [0.25, 0.3) is 0 Å². The third kappa shape index (κ3) is 3.19. The Morgan fingerprint density at radius 3 is 2.38 bits per heavy atom. The monoisotopic (exact) mass is 228 g/mol. The lowest BCUT2D eigenvalue weighted by Crippen LogP contribution is -2.49. The number of hydrogen-bond donors (Lipinski definition) is 2. The van der Waals surface area contributed by atoms with E-state index in [0.29, 0.717) is 6.54 Å². The lowest BCUT2D eigenvalue weighted by molar-refractivity contribution is -0.135. The van der Waals surface area contributed by atoms with Gasteiger partial charge in [-0.25, -0.2) is 0 Å². The van der Waals surface area contributed by atoms with Crippen LogP contribution in [0.2, 0.25) is 0 Å². The summed E-state index contributed by atoms with van der Waals surface area (Å²) in [6.45, 7) is 4.27. The molecule has 0 aromatic rings. The lowest BCUT2D eigenvalue weighted by atomic mass is 10.00. The summed E-state index contributed by atoms with van der Waals surface area (Å²) in [6.07, 6.45) is 3.69. The van der Waals surface area contributed by atoms with E-state index in [1.807, 2.05) is 13.8 Å². The number of amides is 1. The minimum absolute atomic E-state index is 0.0738. The molecule has 0 radical (unpaired) electrons. The third-order valence-electron chi connectivity index (χ3n) is 3.45. The molecule has 0 aliphatic heterocycles. The van der Waals surface area contributed by atoms with Gasteiger partial charge in [0.2, 0.25) is 5.91 Å². The van der Waals surface area contributed by atoms with Crippen LogP contribution in [0.3, 0.4) is 0 Å². The standard InChI is InChI=1S/C12H24N2O2/c1-9(2)10(13)11(15)14(3)8-12(16)6-4-5-7-12/h9-10,16H,4-8,13H2,1-3H3/t10-/m0/s1. The molecule has 16 heavy (non-hydrogen) atoms. The zero-order chi connectivity index (χ0) is 12.3. The fourth-order valence-corrected chi connectivity index (χ4v) is 2.25. The highest BCUT2D eigenvalue weighted by Crippen LogP contribution is 2.30. The summed E-state index contributed by atoms with van der Waals surface area (Å²) >= 11 is 0. The molecule has 0 heterocycles. The number of carbonyl (C=O) groups is 1. The number of nitrogens with zero attached hydrogens (tertiary/aromatic N) is 1. The van der Waals surface area contributed by atoms with Gasteiger partial charge in [-0.1, -0.05) is 26.7 Å². The van der Waals surface area contributed by atoms with Gasteiger partial charge in [-0.15, -0.1) is 0 Å². The van der Waals surface area contributed by atoms with Crippen molar-refractivity contribution in [1.82, 2.24) is 4.90 Å². The Balaban J connectivity index is 2.51. The van der Waals surface area contributed by atoms with Crippen LogP contribution in [-0.2, 0) is 4.79 Å². The van der Waals surface area contributed by atoms with E-state index in [4.69, 9.17) is 5.73 Å². The quantitative estimate of drug-likeness (QED) is 0.745. The molecule has 1 saturated carbocycles. The summed E-state index contributed by atoms with van der Waals surface area (Å²) in [6, 6.07) is -0.463. The number of aliphatic hydroxyl groups is 1. The predicted molar refractivity (Wildman–Crippen MR) is 63.9 cm³/mol. The maximum Gasteiger partial charge on any atom is 0.239 e. The molecular weight excluding hydrogens is 204 g/mol. The average molecular weight is 228 g/mol. The molecule has 0 spiro atoms. The van der Waals surface area contributed by atoms with Crippen LogP contribution in [0.1, 0.15) is 39.5 Å². The Hall–Kier alpha value is -0.610. The zero-order valence-corrected chi connectivity index (χ0v) is 10.6. The van der Waals surface area contributed by atoms with Gasteiger partial charge in [0, 0.05) is 13.6 Å². The topological polar surface area (TPSA) is 66.6 Å². The zero-order valence-electron chi connectivity index (χ0n) is 10.6. The fourth-order valence-electron chi connectivity index (χ4n) is 2.25. The van der Waals surface area contributed by atoms with E-state index in [1.165, 1.54) is 0 Å². The largest absolute Gasteiger partial charge is 0.388 e. The molecule has 0 aromatic carbocycles. The van der Waals surface area contributed by atoms with Gasteiger partial charge in [0.15, 0.2) is 0 Å². The van der Waals surface area contributed by atoms with Crippen LogP contribution >= 0.6 is 0 Å². The number of likely N-dealkylation sites (N-methyl/N-ethyl adjacent to an activating group) is 1. The normalized spacial score (nSPS) is 21.1. The van der Waals surface area contributed by atoms with Crippen LogP contribution in [0, 0.1) is 5.92 Å². The van der Waals surface area contributed by atoms with Gasteiger partial charge in [-0.2, -0.15) is 0 Å². The SMILES string of the molecule is CC(C)[C@H](N)C(=O)N(C)CC1(O)CCCC1. The first-order valence-electron chi connectivity index (χ1n) is 6.09. The Morgan fingerprint density at radius 1 is 1.44 bits per heavy atom. The number of carbonyl (C=O) groups excluding carboxylic acids is 1. The molecule has 94 valence electrons. The van der Waals surface area contributed by atoms with E-state index in [2.05, 4.69) is 0 Å². The molecular formula is C12H24N2O2. The number of hydrogen-bond acceptors (Lipinski definition) is 3. The maximum atomic E-state index is 11.9. The molecule has 0 bridgehead atoms. The van der Waals surface area contributed by atoms with Crippen molar-refractivity contribution in [2.75, 3.05) is 13.6 Å². The van der Waals surface area contributed by atoms with Gasteiger partial charge in [0.1, 0.15) is 0 Å². The van der Waals surface area contributed by atoms with Crippen molar-refractivity contribution in [3.05, 3.63) is 0 Å². The second-order valence-electron chi connectivity index (χ2n) is 5.40. The highest BCUT2D eigenvalue weighted by molar-refractivity contribution is 5.81. The number of rotatable bonds is 4. The molecule has 4 nitrogen and oxygen atoms in total. The van der Waals surface area contributed by atoms with Crippen molar-refractivity contribution in [3.8, 4) is 0 Å². The van der Waals surface area contributed by atoms with Gasteiger partial charge in [-0.3, -0.25) is 4.79 Å². The predicted octanol–water partition coefficient (Wildman–Crippen LogP) is 0.733. The molecule has 0 saturated heterocycles. The van der Waals surface area contributed by atoms with Crippen molar-refractivity contribution in [1.29, 1.82) is 0 Å². The van der Waals surface area contributed by atoms with E-state index in [0.717, 1.165) is 25.7 Å². The van der Waals surface area contributed by atoms with Gasteiger partial charge >= 0.3 is 0 Å². The van der Waals surface area contributed by atoms with Crippen LogP contribution in [0.15, 0.2) is 0 Å². The minimum Gasteiger partial charge on any atom is -0.388 e. The van der Waals surface area contributed by atoms with Crippen LogP contribution in [0.25, 0.3) is 0 Å². The summed E-state index contributed by atoms with van der Waals surface area (Å²) in [5.41, 5.74) is 5.13. The highest BCUT2D eigenvalue weighted by atomic mass is 16.3. The Kier molecular flexibility index (Phi) is 4.33. The second-order valence-corrected chi connectivity index (χ2v) is 5.40. The molecule has 0 aromatic heterocycles. The van der Waals surface area contributed by atoms with Crippen LogP contribution in [-0.4, -0.2) is 41.1 Å². The van der Waals surface area contributed by atoms with Gasteiger partial charge in [-0.05, 0) is 18.8 Å². The van der Waals surface area contributed by atoms with E-state index in [1.54, 1.807) is 11.9 Å². The molecule has 0 unspecified atom stereocenters. The van der Waals surface area contributed by atoms with E-state index in [-0.39, 0.29) is 11.8 Å². The van der Waals surface area contributed by atoms with Crippen LogP contribution in [0.5, 0.6) is 0 Å². The summed E-state index contributed by atoms with van der Waals surface area (Å²) < 4.78 is 0. The van der Waals surface area contributed by atoms with Crippen molar-refractivity contribution in [2.24, 2.45) is 11.7 Å². The molecule has 1 fully saturated rings. The van der Waals surface area contributed by atoms with Crippen molar-refractivity contribution in [2.45, 2.75) is 51.2 Å². The first-order chi connectivity index (χ1) is 7.36. The molecule has 1 rings (SSSR count). The Morgan fingerprint density at radius 2 is 1.94 bits per heavy atom. The Labute approximate surface area is 97.8 Å². The smallest absolute Gasteiger partial charge is 0.239 e. The maximum absolute atomic E-state index is 11.9. The van der Waals surface area contributed by atoms with Crippen molar-refractivity contribution < 1.29 is 9.90 Å². The molecule has 1 atom stereocenters. The molecule has 1 aliphatic carbocycles. The fraction of sp³-hybridized carbons (Fsp3) is 0.917. The second kappa shape index (κ2) is 5.15. The van der Waals surface area contributed by atoms with E-state index in [9.17, 15) is 9.90 Å². The lowest BCUT2D eigenvalue weighted by Gasteiger charge is -2.31. The Bertz CT molecular complexity index is 247.